The lowest BCUT2D eigenvalue weighted by molar-refractivity contribution is -0.139. The molecule has 0 saturated carbocycles. The van der Waals surface area contributed by atoms with Crippen molar-refractivity contribution in [3.05, 3.63) is 0 Å². The van der Waals surface area contributed by atoms with Crippen LogP contribution in [0.5, 0.6) is 0 Å². The fourth-order valence-electron chi connectivity index (χ4n) is 0.703. The average molecular weight is 288 g/mol. The molecule has 0 aliphatic carbocycles. The Morgan fingerprint density at radius 1 is 1.50 bits per heavy atom. The van der Waals surface area contributed by atoms with Gasteiger partial charge in [-0.05, 0) is 13.3 Å². The van der Waals surface area contributed by atoms with Crippen LogP contribution in [0.25, 0.3) is 0 Å². The van der Waals surface area contributed by atoms with Gasteiger partial charge in [0.05, 0.1) is 6.61 Å². The van der Waals surface area contributed by atoms with Crippen LogP contribution in [-0.4, -0.2) is 38.6 Å². The van der Waals surface area contributed by atoms with Gasteiger partial charge in [0.25, 0.3) is 0 Å². The van der Waals surface area contributed by atoms with Crippen LogP contribution in [-0.2, 0) is 19.6 Å². The zero-order chi connectivity index (χ0) is 11.0. The summed E-state index contributed by atoms with van der Waals surface area (Å²) in [6.07, 6.45) is 0.683. The molecule has 0 unspecified atom stereocenters. The Morgan fingerprint density at radius 3 is 2.64 bits per heavy atom. The molecule has 7 heteroatoms. The third-order valence-electron chi connectivity index (χ3n) is 1.25. The first-order valence-corrected chi connectivity index (χ1v) is 6.98. The summed E-state index contributed by atoms with van der Waals surface area (Å²) in [6.45, 7) is 2.14. The summed E-state index contributed by atoms with van der Waals surface area (Å²) < 4.78 is 29.1. The molecule has 0 aromatic heterocycles. The predicted molar refractivity (Wildman–Crippen MR) is 56.8 cm³/mol. The molecule has 1 N–H and O–H groups in total. The number of alkyl halides is 1. The van der Waals surface area contributed by atoms with Crippen molar-refractivity contribution in [1.82, 2.24) is 4.72 Å². The van der Waals surface area contributed by atoms with E-state index < -0.39 is 21.7 Å². The van der Waals surface area contributed by atoms with Crippen molar-refractivity contribution in [2.24, 2.45) is 0 Å². The van der Waals surface area contributed by atoms with Crippen molar-refractivity contribution in [2.75, 3.05) is 24.2 Å². The second-order valence-corrected chi connectivity index (χ2v) is 5.10. The molecule has 0 aromatic rings. The fourth-order valence-corrected chi connectivity index (χ4v) is 1.93. The molecule has 0 rings (SSSR count). The maximum absolute atomic E-state index is 11.2. The van der Waals surface area contributed by atoms with E-state index in [0.29, 0.717) is 13.0 Å². The molecule has 0 amide bonds. The van der Waals surface area contributed by atoms with Gasteiger partial charge in [-0.1, -0.05) is 15.9 Å². The first kappa shape index (κ1) is 13.9. The minimum Gasteiger partial charge on any atom is -0.465 e. The molecule has 0 spiro atoms. The SMILES string of the molecule is CCOC(=O)CS(=O)(=O)NCCCBr. The van der Waals surface area contributed by atoms with E-state index in [9.17, 15) is 13.2 Å². The largest absolute Gasteiger partial charge is 0.465 e. The average Bonchev–Trinajstić information content (AvgIpc) is 2.03. The number of esters is 1. The minimum absolute atomic E-state index is 0.190. The van der Waals surface area contributed by atoms with Gasteiger partial charge in [0.1, 0.15) is 0 Å². The fraction of sp³-hybridized carbons (Fsp3) is 0.857. The summed E-state index contributed by atoms with van der Waals surface area (Å²) in [5.41, 5.74) is 0. The quantitative estimate of drug-likeness (QED) is 0.414. The summed E-state index contributed by atoms with van der Waals surface area (Å²) in [7, 11) is -3.52. The van der Waals surface area contributed by atoms with Crippen molar-refractivity contribution in [1.29, 1.82) is 0 Å². The van der Waals surface area contributed by atoms with E-state index in [1.54, 1.807) is 6.92 Å². The van der Waals surface area contributed by atoms with Gasteiger partial charge in [-0.15, -0.1) is 0 Å². The highest BCUT2D eigenvalue weighted by molar-refractivity contribution is 9.09. The lowest BCUT2D eigenvalue weighted by atomic mass is 10.5. The van der Waals surface area contributed by atoms with Crippen molar-refractivity contribution < 1.29 is 17.9 Å². The van der Waals surface area contributed by atoms with E-state index in [2.05, 4.69) is 25.4 Å². The van der Waals surface area contributed by atoms with Crippen LogP contribution in [0, 0.1) is 0 Å². The van der Waals surface area contributed by atoms with Gasteiger partial charge >= 0.3 is 5.97 Å². The van der Waals surface area contributed by atoms with Crippen LogP contribution in [0.4, 0.5) is 0 Å². The molecule has 0 aromatic carbocycles. The molecule has 0 fully saturated rings. The Hall–Kier alpha value is -0.140. The zero-order valence-electron chi connectivity index (χ0n) is 7.95. The van der Waals surface area contributed by atoms with Gasteiger partial charge in [0, 0.05) is 11.9 Å². The lowest BCUT2D eigenvalue weighted by Gasteiger charge is -2.04. The number of carbonyl (C=O) groups is 1. The molecule has 0 atom stereocenters. The summed E-state index contributed by atoms with van der Waals surface area (Å²) in [5.74, 6) is -1.33. The normalized spacial score (nSPS) is 11.3. The molecule has 0 aliphatic rings. The molecule has 0 heterocycles. The topological polar surface area (TPSA) is 72.5 Å². The van der Waals surface area contributed by atoms with Crippen LogP contribution in [0.15, 0.2) is 0 Å². The highest BCUT2D eigenvalue weighted by atomic mass is 79.9. The lowest BCUT2D eigenvalue weighted by Crippen LogP contribution is -2.31. The number of halogens is 1. The Bertz CT molecular complexity index is 265. The molecule has 14 heavy (non-hydrogen) atoms. The van der Waals surface area contributed by atoms with Gasteiger partial charge in [-0.2, -0.15) is 0 Å². The standard InChI is InChI=1S/C7H14BrNO4S/c1-2-13-7(10)6-14(11,12)9-5-3-4-8/h9H,2-6H2,1H3. The smallest absolute Gasteiger partial charge is 0.322 e. The van der Waals surface area contributed by atoms with E-state index in [1.165, 1.54) is 0 Å². The molecule has 0 radical (unpaired) electrons. The highest BCUT2D eigenvalue weighted by Crippen LogP contribution is 1.90. The molecule has 84 valence electrons. The summed E-state index contributed by atoms with van der Waals surface area (Å²) in [4.78, 5) is 10.8. The van der Waals surface area contributed by atoms with E-state index in [4.69, 9.17) is 0 Å². The third kappa shape index (κ3) is 7.28. The van der Waals surface area contributed by atoms with Crippen molar-refractivity contribution in [3.63, 3.8) is 0 Å². The molecule has 0 aliphatic heterocycles. The third-order valence-corrected chi connectivity index (χ3v) is 3.07. The summed E-state index contributed by atoms with van der Waals surface area (Å²) in [6, 6.07) is 0. The maximum atomic E-state index is 11.2. The number of hydrogen-bond donors (Lipinski definition) is 1. The minimum atomic E-state index is -3.52. The van der Waals surface area contributed by atoms with Crippen molar-refractivity contribution in [3.8, 4) is 0 Å². The Kier molecular flexibility index (Phi) is 7.12. The van der Waals surface area contributed by atoms with Gasteiger partial charge in [-0.3, -0.25) is 4.79 Å². The predicted octanol–water partition coefficient (Wildman–Crippen LogP) is 0.254. The highest BCUT2D eigenvalue weighted by Gasteiger charge is 2.16. The Labute approximate surface area is 92.4 Å². The van der Waals surface area contributed by atoms with Crippen LogP contribution < -0.4 is 4.72 Å². The van der Waals surface area contributed by atoms with Crippen LogP contribution >= 0.6 is 15.9 Å². The van der Waals surface area contributed by atoms with Gasteiger partial charge in [0.15, 0.2) is 5.75 Å². The number of sulfonamides is 1. The van der Waals surface area contributed by atoms with Crippen LogP contribution in [0.3, 0.4) is 0 Å². The number of ether oxygens (including phenoxy) is 1. The number of carbonyl (C=O) groups excluding carboxylic acids is 1. The van der Waals surface area contributed by atoms with E-state index in [-0.39, 0.29) is 6.61 Å². The van der Waals surface area contributed by atoms with Crippen molar-refractivity contribution >= 4 is 31.9 Å². The number of hydrogen-bond acceptors (Lipinski definition) is 4. The van der Waals surface area contributed by atoms with E-state index in [0.717, 1.165) is 5.33 Å². The molecule has 0 bridgehead atoms. The first-order chi connectivity index (χ1) is 6.52. The zero-order valence-corrected chi connectivity index (χ0v) is 10.4. The van der Waals surface area contributed by atoms with E-state index >= 15 is 0 Å². The Balaban J connectivity index is 3.89. The first-order valence-electron chi connectivity index (χ1n) is 4.20. The Morgan fingerprint density at radius 2 is 2.14 bits per heavy atom. The summed E-state index contributed by atoms with van der Waals surface area (Å²) >= 11 is 3.17. The second-order valence-electron chi connectivity index (χ2n) is 2.50. The molecule has 0 saturated heterocycles. The number of nitrogens with one attached hydrogen (secondary N) is 1. The number of rotatable bonds is 7. The van der Waals surface area contributed by atoms with Gasteiger partial charge in [0.2, 0.25) is 10.0 Å². The molecular weight excluding hydrogens is 274 g/mol. The summed E-state index contributed by atoms with van der Waals surface area (Å²) in [5, 5.41) is 0.717. The second kappa shape index (κ2) is 7.19. The van der Waals surface area contributed by atoms with Crippen molar-refractivity contribution in [2.45, 2.75) is 13.3 Å². The maximum Gasteiger partial charge on any atom is 0.322 e. The van der Waals surface area contributed by atoms with Gasteiger partial charge in [-0.25, -0.2) is 13.1 Å². The van der Waals surface area contributed by atoms with Gasteiger partial charge < -0.3 is 4.74 Å². The van der Waals surface area contributed by atoms with E-state index in [1.807, 2.05) is 0 Å². The monoisotopic (exact) mass is 287 g/mol. The molecular formula is C7H14BrNO4S. The van der Waals surface area contributed by atoms with Crippen LogP contribution in [0.2, 0.25) is 0 Å². The van der Waals surface area contributed by atoms with Crippen LogP contribution in [0.1, 0.15) is 13.3 Å². The molecule has 5 nitrogen and oxygen atoms in total.